The lowest BCUT2D eigenvalue weighted by Gasteiger charge is -2.20. The van der Waals surface area contributed by atoms with Crippen LogP contribution in [-0.2, 0) is 4.74 Å². The van der Waals surface area contributed by atoms with Gasteiger partial charge in [-0.2, -0.15) is 0 Å². The van der Waals surface area contributed by atoms with Crippen LogP contribution in [0.1, 0.15) is 31.1 Å². The van der Waals surface area contributed by atoms with Gasteiger partial charge in [-0.05, 0) is 31.4 Å². The lowest BCUT2D eigenvalue weighted by Crippen LogP contribution is -2.11. The zero-order valence-corrected chi connectivity index (χ0v) is 9.10. The van der Waals surface area contributed by atoms with Crippen LogP contribution in [0.3, 0.4) is 0 Å². The van der Waals surface area contributed by atoms with Crippen molar-refractivity contribution in [3.8, 4) is 0 Å². The minimum Gasteiger partial charge on any atom is -0.398 e. The zero-order chi connectivity index (χ0) is 11.0. The molecule has 0 saturated carbocycles. The summed E-state index contributed by atoms with van der Waals surface area (Å²) in [7, 11) is 0. The van der Waals surface area contributed by atoms with Gasteiger partial charge in [0.2, 0.25) is 0 Å². The quantitative estimate of drug-likeness (QED) is 0.796. The zero-order valence-electron chi connectivity index (χ0n) is 9.10. The molecule has 0 aliphatic carbocycles. The van der Waals surface area contributed by atoms with E-state index in [0.29, 0.717) is 0 Å². The third-order valence-corrected chi connectivity index (χ3v) is 3.00. The van der Waals surface area contributed by atoms with Gasteiger partial charge in [-0.25, -0.2) is 4.98 Å². The Morgan fingerprint density at radius 2 is 2.25 bits per heavy atom. The standard InChI is InChI=1S/C12H15N3O/c13-9-4-5-12-14-10(8-15(12)7-9)11-3-1-2-6-16-11/h4-5,7-8,11H,1-3,6,13H2. The van der Waals surface area contributed by atoms with E-state index in [1.54, 1.807) is 0 Å². The van der Waals surface area contributed by atoms with Crippen LogP contribution in [0.4, 0.5) is 5.69 Å². The van der Waals surface area contributed by atoms with Crippen molar-refractivity contribution in [2.24, 2.45) is 0 Å². The van der Waals surface area contributed by atoms with Gasteiger partial charge in [0.05, 0.1) is 5.69 Å². The molecule has 16 heavy (non-hydrogen) atoms. The molecule has 1 atom stereocenters. The van der Waals surface area contributed by atoms with Crippen molar-refractivity contribution in [2.75, 3.05) is 12.3 Å². The minimum atomic E-state index is 0.162. The Kier molecular flexibility index (Phi) is 2.29. The molecule has 1 aliphatic rings. The molecular weight excluding hydrogens is 202 g/mol. The fourth-order valence-electron chi connectivity index (χ4n) is 2.16. The van der Waals surface area contributed by atoms with Gasteiger partial charge in [0, 0.05) is 24.7 Å². The normalized spacial score (nSPS) is 21.4. The first kappa shape index (κ1) is 9.66. The molecule has 0 spiro atoms. The highest BCUT2D eigenvalue weighted by atomic mass is 16.5. The molecule has 0 amide bonds. The van der Waals surface area contributed by atoms with E-state index in [0.717, 1.165) is 36.5 Å². The number of pyridine rings is 1. The van der Waals surface area contributed by atoms with Crippen LogP contribution in [0, 0.1) is 0 Å². The van der Waals surface area contributed by atoms with Gasteiger partial charge >= 0.3 is 0 Å². The fraction of sp³-hybridized carbons (Fsp3) is 0.417. The van der Waals surface area contributed by atoms with Gasteiger partial charge in [0.15, 0.2) is 0 Å². The highest BCUT2D eigenvalue weighted by molar-refractivity contribution is 5.48. The number of hydrogen-bond donors (Lipinski definition) is 1. The van der Waals surface area contributed by atoms with Crippen LogP contribution < -0.4 is 5.73 Å². The Labute approximate surface area is 94.0 Å². The van der Waals surface area contributed by atoms with Crippen LogP contribution in [0.5, 0.6) is 0 Å². The highest BCUT2D eigenvalue weighted by Crippen LogP contribution is 2.27. The molecule has 1 fully saturated rings. The van der Waals surface area contributed by atoms with Crippen molar-refractivity contribution in [3.63, 3.8) is 0 Å². The summed E-state index contributed by atoms with van der Waals surface area (Å²) in [5, 5.41) is 0. The Hall–Kier alpha value is -1.55. The molecule has 2 aromatic heterocycles. The Morgan fingerprint density at radius 3 is 3.06 bits per heavy atom. The van der Waals surface area contributed by atoms with Crippen molar-refractivity contribution >= 4 is 11.3 Å². The van der Waals surface area contributed by atoms with Crippen molar-refractivity contribution in [3.05, 3.63) is 30.2 Å². The molecule has 2 N–H and O–H groups in total. The lowest BCUT2D eigenvalue weighted by atomic mass is 10.1. The molecule has 3 heterocycles. The smallest absolute Gasteiger partial charge is 0.137 e. The van der Waals surface area contributed by atoms with Crippen molar-refractivity contribution < 1.29 is 4.74 Å². The number of hydrogen-bond acceptors (Lipinski definition) is 3. The molecule has 3 rings (SSSR count). The Balaban J connectivity index is 1.97. The molecule has 1 aliphatic heterocycles. The fourth-order valence-corrected chi connectivity index (χ4v) is 2.16. The van der Waals surface area contributed by atoms with Crippen molar-refractivity contribution in [2.45, 2.75) is 25.4 Å². The Bertz CT molecular complexity index is 500. The number of fused-ring (bicyclic) bond motifs is 1. The highest BCUT2D eigenvalue weighted by Gasteiger charge is 2.18. The average molecular weight is 217 g/mol. The maximum atomic E-state index is 5.73. The second-order valence-electron chi connectivity index (χ2n) is 4.25. The number of anilines is 1. The lowest BCUT2D eigenvalue weighted by molar-refractivity contribution is 0.0126. The molecular formula is C12H15N3O. The minimum absolute atomic E-state index is 0.162. The van der Waals surface area contributed by atoms with Crippen LogP contribution in [0.25, 0.3) is 5.65 Å². The Morgan fingerprint density at radius 1 is 1.31 bits per heavy atom. The second kappa shape index (κ2) is 3.79. The molecule has 0 bridgehead atoms. The van der Waals surface area contributed by atoms with E-state index >= 15 is 0 Å². The number of imidazole rings is 1. The monoisotopic (exact) mass is 217 g/mol. The second-order valence-corrected chi connectivity index (χ2v) is 4.25. The summed E-state index contributed by atoms with van der Waals surface area (Å²) in [4.78, 5) is 4.56. The predicted molar refractivity (Wildman–Crippen MR) is 62.1 cm³/mol. The van der Waals surface area contributed by atoms with Crippen molar-refractivity contribution in [1.29, 1.82) is 0 Å². The van der Waals surface area contributed by atoms with Gasteiger partial charge in [0.1, 0.15) is 11.8 Å². The van der Waals surface area contributed by atoms with Gasteiger partial charge in [0.25, 0.3) is 0 Å². The number of aromatic nitrogens is 2. The molecule has 1 saturated heterocycles. The predicted octanol–water partition coefficient (Wildman–Crippen LogP) is 2.16. The summed E-state index contributed by atoms with van der Waals surface area (Å²) >= 11 is 0. The molecule has 0 aromatic carbocycles. The topological polar surface area (TPSA) is 52.5 Å². The molecule has 84 valence electrons. The summed E-state index contributed by atoms with van der Waals surface area (Å²) in [6, 6.07) is 3.80. The van der Waals surface area contributed by atoms with E-state index < -0.39 is 0 Å². The first-order valence-electron chi connectivity index (χ1n) is 5.69. The van der Waals surface area contributed by atoms with Gasteiger partial charge < -0.3 is 14.9 Å². The molecule has 2 aromatic rings. The first-order valence-corrected chi connectivity index (χ1v) is 5.69. The molecule has 0 radical (unpaired) electrons. The third-order valence-electron chi connectivity index (χ3n) is 3.00. The van der Waals surface area contributed by atoms with E-state index in [-0.39, 0.29) is 6.10 Å². The van der Waals surface area contributed by atoms with E-state index in [1.807, 2.05) is 28.9 Å². The maximum Gasteiger partial charge on any atom is 0.137 e. The van der Waals surface area contributed by atoms with E-state index in [9.17, 15) is 0 Å². The number of nitrogens with zero attached hydrogens (tertiary/aromatic N) is 2. The molecule has 4 nitrogen and oxygen atoms in total. The van der Waals surface area contributed by atoms with Crippen LogP contribution in [0.15, 0.2) is 24.5 Å². The summed E-state index contributed by atoms with van der Waals surface area (Å²) in [6.45, 7) is 0.848. The number of nitrogen functional groups attached to an aromatic ring is 1. The van der Waals surface area contributed by atoms with E-state index in [1.165, 1.54) is 6.42 Å². The number of ether oxygens (including phenoxy) is 1. The van der Waals surface area contributed by atoms with Crippen molar-refractivity contribution in [1.82, 2.24) is 9.38 Å². The summed E-state index contributed by atoms with van der Waals surface area (Å²) in [5.41, 5.74) is 8.43. The van der Waals surface area contributed by atoms with Crippen LogP contribution in [-0.4, -0.2) is 16.0 Å². The number of rotatable bonds is 1. The third kappa shape index (κ3) is 1.65. The SMILES string of the molecule is Nc1ccc2nc(C3CCCCO3)cn2c1. The molecule has 4 heteroatoms. The first-order chi connectivity index (χ1) is 7.83. The average Bonchev–Trinajstić information content (AvgIpc) is 2.73. The largest absolute Gasteiger partial charge is 0.398 e. The van der Waals surface area contributed by atoms with E-state index in [2.05, 4.69) is 4.98 Å². The van der Waals surface area contributed by atoms with Gasteiger partial charge in [-0.3, -0.25) is 0 Å². The molecule has 1 unspecified atom stereocenters. The van der Waals surface area contributed by atoms with E-state index in [4.69, 9.17) is 10.5 Å². The van der Waals surface area contributed by atoms with Crippen LogP contribution in [0.2, 0.25) is 0 Å². The summed E-state index contributed by atoms with van der Waals surface area (Å²) in [5.74, 6) is 0. The van der Waals surface area contributed by atoms with Crippen LogP contribution >= 0.6 is 0 Å². The summed E-state index contributed by atoms with van der Waals surface area (Å²) < 4.78 is 7.68. The maximum absolute atomic E-state index is 5.73. The summed E-state index contributed by atoms with van der Waals surface area (Å²) in [6.07, 6.45) is 7.52. The number of nitrogens with two attached hydrogens (primary N) is 1. The van der Waals surface area contributed by atoms with Gasteiger partial charge in [-0.1, -0.05) is 0 Å². The van der Waals surface area contributed by atoms with Gasteiger partial charge in [-0.15, -0.1) is 0 Å².